The number of fused-ring (bicyclic) bond motifs is 2. The van der Waals surface area contributed by atoms with Gasteiger partial charge in [-0.15, -0.1) is 0 Å². The topological polar surface area (TPSA) is 132 Å². The Labute approximate surface area is 378 Å². The Balaban J connectivity index is 0.785. The third kappa shape index (κ3) is 10.6. The second kappa shape index (κ2) is 21.1. The first kappa shape index (κ1) is 45.2. The van der Waals surface area contributed by atoms with Gasteiger partial charge in [-0.05, 0) is 85.5 Å². The molecule has 6 aromatic rings. The van der Waals surface area contributed by atoms with Crippen LogP contribution in [0.4, 0.5) is 16.0 Å². The number of piperazine rings is 1. The van der Waals surface area contributed by atoms with Gasteiger partial charge in [-0.3, -0.25) is 18.8 Å². The molecule has 1 saturated heterocycles. The van der Waals surface area contributed by atoms with Gasteiger partial charge in [-0.25, -0.2) is 14.2 Å². The molecule has 64 heavy (non-hydrogen) atoms. The van der Waals surface area contributed by atoms with Crippen molar-refractivity contribution in [1.82, 2.24) is 38.8 Å². The number of carbonyl (C=O) groups excluding carboxylic acids is 2. The van der Waals surface area contributed by atoms with Gasteiger partial charge in [0, 0.05) is 113 Å². The molecule has 0 radical (unpaired) electrons. The number of nitrogens with zero attached hydrogens (tertiary/aromatic N) is 7. The second-order valence-electron chi connectivity index (χ2n) is 17.2. The van der Waals surface area contributed by atoms with E-state index in [0.29, 0.717) is 34.8 Å². The molecule has 4 heterocycles. The van der Waals surface area contributed by atoms with Gasteiger partial charge < -0.3 is 29.6 Å². The van der Waals surface area contributed by atoms with Gasteiger partial charge in [0.25, 0.3) is 0 Å². The fourth-order valence-corrected chi connectivity index (χ4v) is 9.66. The molecule has 2 aliphatic rings. The van der Waals surface area contributed by atoms with E-state index in [1.165, 1.54) is 48.6 Å². The molecule has 1 aliphatic heterocycles. The van der Waals surface area contributed by atoms with Crippen molar-refractivity contribution < 1.29 is 18.7 Å². The Kier molecular flexibility index (Phi) is 14.9. The van der Waals surface area contributed by atoms with Crippen LogP contribution in [0, 0.1) is 5.82 Å². The molecule has 2 N–H and O–H groups in total. The summed E-state index contributed by atoms with van der Waals surface area (Å²) >= 11 is 6.11. The number of aryl methyl sites for hydroxylation is 2. The largest absolute Gasteiger partial charge is 0.381 e. The highest BCUT2D eigenvalue weighted by molar-refractivity contribution is 6.30. The number of benzene rings is 3. The Morgan fingerprint density at radius 1 is 0.953 bits per heavy atom. The van der Waals surface area contributed by atoms with Crippen LogP contribution in [0.3, 0.4) is 0 Å². The lowest BCUT2D eigenvalue weighted by molar-refractivity contribution is -0.124. The normalized spacial score (nSPS) is 15.8. The van der Waals surface area contributed by atoms with Crippen LogP contribution in [0.25, 0.3) is 33.2 Å². The summed E-state index contributed by atoms with van der Waals surface area (Å²) in [6.45, 7) is 7.44. The molecule has 1 unspecified atom stereocenters. The van der Waals surface area contributed by atoms with Crippen LogP contribution in [0.15, 0.2) is 77.9 Å². The van der Waals surface area contributed by atoms with Crippen molar-refractivity contribution in [3.05, 3.63) is 106 Å². The van der Waals surface area contributed by atoms with Crippen molar-refractivity contribution in [3.8, 4) is 11.1 Å². The molecule has 8 rings (SSSR count). The van der Waals surface area contributed by atoms with Crippen molar-refractivity contribution in [3.63, 3.8) is 0 Å². The predicted octanol–water partition coefficient (Wildman–Crippen LogP) is 8.22. The first-order valence-electron chi connectivity index (χ1n) is 22.8. The summed E-state index contributed by atoms with van der Waals surface area (Å²) in [7, 11) is 3.26. The lowest BCUT2D eigenvalue weighted by atomic mass is 9.95. The zero-order valence-electron chi connectivity index (χ0n) is 36.9. The fraction of sp³-hybridized carbons (Fsp3) is 0.449. The van der Waals surface area contributed by atoms with Gasteiger partial charge in [0.15, 0.2) is 0 Å². The molecule has 3 aromatic heterocycles. The summed E-state index contributed by atoms with van der Waals surface area (Å²) in [6.07, 6.45) is 13.9. The van der Waals surface area contributed by atoms with E-state index in [9.17, 15) is 18.8 Å². The van der Waals surface area contributed by atoms with Crippen molar-refractivity contribution in [2.75, 3.05) is 58.3 Å². The number of carbonyl (C=O) groups is 2. The van der Waals surface area contributed by atoms with Gasteiger partial charge in [0.2, 0.25) is 11.9 Å². The summed E-state index contributed by atoms with van der Waals surface area (Å²) in [5, 5.41) is 7.10. The number of nitrogens with one attached hydrogen (secondary N) is 2. The zero-order valence-corrected chi connectivity index (χ0v) is 37.7. The maximum atomic E-state index is 14.1. The van der Waals surface area contributed by atoms with Crippen LogP contribution in [-0.2, 0) is 34.3 Å². The number of hydrogen-bond acceptors (Lipinski definition) is 9. The SMILES string of the molecule is CNC(=O)C(CCC=O)n1c(=O)n(C)c2cc(CCCOCCCN3CCN(Cc4ccc(-c5cn(C6CCCCC6)c6nc(Nc7cc(F)cc(Cl)c7)ncc56)cc4)CC3)ccc21. The average Bonchev–Trinajstić information content (AvgIpc) is 3.80. The number of ether oxygens (including phenoxy) is 1. The smallest absolute Gasteiger partial charge is 0.329 e. The number of amides is 1. The highest BCUT2D eigenvalue weighted by Crippen LogP contribution is 2.37. The van der Waals surface area contributed by atoms with E-state index in [0.717, 1.165) is 118 Å². The molecule has 3 aromatic carbocycles. The molecule has 0 bridgehead atoms. The molecule has 338 valence electrons. The molecule has 1 saturated carbocycles. The number of anilines is 2. The second-order valence-corrected chi connectivity index (χ2v) is 17.7. The quantitative estimate of drug-likeness (QED) is 0.0611. The van der Waals surface area contributed by atoms with Crippen LogP contribution in [0.1, 0.15) is 81.0 Å². The third-order valence-corrected chi connectivity index (χ3v) is 13.1. The number of likely N-dealkylation sites (N-methyl/N-ethyl adjacent to an activating group) is 1. The van der Waals surface area contributed by atoms with Gasteiger partial charge in [0.1, 0.15) is 23.8 Å². The third-order valence-electron chi connectivity index (χ3n) is 12.9. The van der Waals surface area contributed by atoms with E-state index in [1.54, 1.807) is 17.7 Å². The Hall–Kier alpha value is -5.41. The van der Waals surface area contributed by atoms with Crippen molar-refractivity contribution >= 4 is 57.5 Å². The number of rotatable bonds is 19. The van der Waals surface area contributed by atoms with Gasteiger partial charge in [0.05, 0.1) is 11.0 Å². The van der Waals surface area contributed by atoms with Crippen molar-refractivity contribution in [2.24, 2.45) is 7.05 Å². The summed E-state index contributed by atoms with van der Waals surface area (Å²) in [4.78, 5) is 51.5. The highest BCUT2D eigenvalue weighted by Gasteiger charge is 2.26. The van der Waals surface area contributed by atoms with E-state index in [-0.39, 0.29) is 24.4 Å². The standard InChI is InChI=1S/C49H59ClFN9O4/c1-52-47(62)44(12-6-24-61)60-43-18-15-34(27-45(43)56(2)49(60)63)9-7-25-64-26-8-19-57-20-22-58(23-21-57)32-35-13-16-36(17-14-35)42-33-59(40-10-4-3-5-11-40)46-41(42)31-53-48(55-46)54-39-29-37(50)28-38(51)30-39/h13-18,24,27-31,33,40,44H,3-12,19-23,25-26,32H2,1-2H3,(H,52,62)(H,53,54,55). The van der Waals surface area contributed by atoms with Crippen molar-refractivity contribution in [2.45, 2.75) is 82.8 Å². The number of imidazole rings is 1. The van der Waals surface area contributed by atoms with E-state index < -0.39 is 11.9 Å². The molecule has 1 aliphatic carbocycles. The summed E-state index contributed by atoms with van der Waals surface area (Å²) in [5.41, 5.74) is 7.23. The van der Waals surface area contributed by atoms with Crippen molar-refractivity contribution in [1.29, 1.82) is 0 Å². The minimum absolute atomic E-state index is 0.196. The van der Waals surface area contributed by atoms with E-state index in [4.69, 9.17) is 21.3 Å². The van der Waals surface area contributed by atoms with Crippen LogP contribution in [0.5, 0.6) is 0 Å². The first-order chi connectivity index (χ1) is 31.2. The maximum absolute atomic E-state index is 14.1. The molecular weight excluding hydrogens is 833 g/mol. The highest BCUT2D eigenvalue weighted by atomic mass is 35.5. The minimum Gasteiger partial charge on any atom is -0.381 e. The van der Waals surface area contributed by atoms with Crippen LogP contribution in [0.2, 0.25) is 5.02 Å². The van der Waals surface area contributed by atoms with E-state index >= 15 is 0 Å². The first-order valence-corrected chi connectivity index (χ1v) is 23.1. The summed E-state index contributed by atoms with van der Waals surface area (Å²) in [6, 6.07) is 18.8. The number of halogens is 2. The van der Waals surface area contributed by atoms with Crippen LogP contribution < -0.4 is 16.3 Å². The van der Waals surface area contributed by atoms with Gasteiger partial charge in [-0.1, -0.05) is 61.2 Å². The summed E-state index contributed by atoms with van der Waals surface area (Å²) in [5.74, 6) is -0.296. The predicted molar refractivity (Wildman–Crippen MR) is 251 cm³/mol. The average molecular weight is 893 g/mol. The Bertz CT molecular complexity index is 2590. The lowest BCUT2D eigenvalue weighted by Crippen LogP contribution is -2.46. The number of aldehydes is 1. The lowest BCUT2D eigenvalue weighted by Gasteiger charge is -2.34. The molecular formula is C49H59ClFN9O4. The molecule has 1 atom stereocenters. The maximum Gasteiger partial charge on any atom is 0.329 e. The molecule has 2 fully saturated rings. The molecule has 15 heteroatoms. The minimum atomic E-state index is -0.743. The Morgan fingerprint density at radius 3 is 2.45 bits per heavy atom. The van der Waals surface area contributed by atoms with Gasteiger partial charge in [-0.2, -0.15) is 4.98 Å². The number of hydrogen-bond donors (Lipinski definition) is 2. The monoisotopic (exact) mass is 891 g/mol. The fourth-order valence-electron chi connectivity index (χ4n) is 9.44. The van der Waals surface area contributed by atoms with Gasteiger partial charge >= 0.3 is 5.69 Å². The Morgan fingerprint density at radius 2 is 1.70 bits per heavy atom. The van der Waals surface area contributed by atoms with Crippen LogP contribution in [-0.4, -0.2) is 98.6 Å². The number of aromatic nitrogens is 5. The molecule has 0 spiro atoms. The van der Waals surface area contributed by atoms with Crippen LogP contribution >= 0.6 is 11.6 Å². The molecule has 1 amide bonds. The van der Waals surface area contributed by atoms with E-state index in [2.05, 4.69) is 60.4 Å². The zero-order chi connectivity index (χ0) is 44.6. The summed E-state index contributed by atoms with van der Waals surface area (Å²) < 4.78 is 25.5. The molecule has 13 nitrogen and oxygen atoms in total. The van der Waals surface area contributed by atoms with E-state index in [1.807, 2.05) is 24.4 Å².